The highest BCUT2D eigenvalue weighted by Gasteiger charge is 2.26. The van der Waals surface area contributed by atoms with Crippen LogP contribution < -0.4 is 11.5 Å². The van der Waals surface area contributed by atoms with Crippen molar-refractivity contribution in [3.05, 3.63) is 69.9 Å². The van der Waals surface area contributed by atoms with Gasteiger partial charge in [0.1, 0.15) is 10.6 Å². The Kier molecular flexibility index (Phi) is 3.86. The number of hydrogen-bond donors (Lipinski definition) is 2. The van der Waals surface area contributed by atoms with Crippen LogP contribution in [0.3, 0.4) is 0 Å². The second-order valence-corrected chi connectivity index (χ2v) is 7.90. The number of nitrogen functional groups attached to an aromatic ring is 2. The van der Waals surface area contributed by atoms with Crippen LogP contribution in [0.25, 0.3) is 10.2 Å². The molecular weight excluding hydrogens is 354 g/mol. The molecule has 5 nitrogen and oxygen atoms in total. The van der Waals surface area contributed by atoms with Crippen molar-refractivity contribution in [1.29, 1.82) is 0 Å². The van der Waals surface area contributed by atoms with E-state index in [1.807, 2.05) is 0 Å². The maximum absolute atomic E-state index is 6.20. The largest absolute Gasteiger partial charge is 0.383 e. The summed E-state index contributed by atoms with van der Waals surface area (Å²) in [6.07, 6.45) is 17.6. The molecule has 0 amide bonds. The van der Waals surface area contributed by atoms with Crippen molar-refractivity contribution in [3.8, 4) is 0 Å². The molecule has 27 heavy (non-hydrogen) atoms. The Morgan fingerprint density at radius 2 is 1.93 bits per heavy atom. The van der Waals surface area contributed by atoms with Gasteiger partial charge in [-0.05, 0) is 47.4 Å². The Morgan fingerprint density at radius 3 is 2.85 bits per heavy atom. The summed E-state index contributed by atoms with van der Waals surface area (Å²) in [6, 6.07) is 0. The summed E-state index contributed by atoms with van der Waals surface area (Å²) in [4.78, 5) is 11.9. The fraction of sp³-hybridized carbons (Fsp3) is 0.238. The van der Waals surface area contributed by atoms with Crippen LogP contribution in [0.2, 0.25) is 0 Å². The van der Waals surface area contributed by atoms with Crippen LogP contribution in [0.15, 0.2) is 64.4 Å². The van der Waals surface area contributed by atoms with Crippen molar-refractivity contribution in [2.24, 2.45) is 0 Å². The smallest absolute Gasteiger partial charge is 0.223 e. The van der Waals surface area contributed by atoms with E-state index in [9.17, 15) is 0 Å². The Balaban J connectivity index is 1.62. The lowest BCUT2D eigenvalue weighted by molar-refractivity contribution is 0.413. The van der Waals surface area contributed by atoms with Crippen LogP contribution in [0, 0.1) is 0 Å². The highest BCUT2D eigenvalue weighted by atomic mass is 32.1. The minimum Gasteiger partial charge on any atom is -0.383 e. The monoisotopic (exact) mass is 375 g/mol. The summed E-state index contributed by atoms with van der Waals surface area (Å²) in [6.45, 7) is 0.765. The molecular formula is C21H21N5S. The topological polar surface area (TPSA) is 81.1 Å². The standard InChI is InChI=1S/C21H21N5S/c22-19-18-15(12-27-20(18)25-21(23)24-19)11-26-16-7-3-1-5-13(16)9-10-14-6-2-4-8-17(14)26/h1-4,7,9,12H,5-6,8,10-11H2,(H4,22,23,24,25). The number of rotatable bonds is 2. The predicted molar refractivity (Wildman–Crippen MR) is 112 cm³/mol. The maximum atomic E-state index is 6.20. The molecule has 5 rings (SSSR count). The van der Waals surface area contributed by atoms with Gasteiger partial charge in [0.25, 0.3) is 0 Å². The molecule has 0 bridgehead atoms. The predicted octanol–water partition coefficient (Wildman–Crippen LogP) is 4.44. The zero-order valence-electron chi connectivity index (χ0n) is 15.0. The zero-order valence-corrected chi connectivity index (χ0v) is 15.8. The number of anilines is 2. The lowest BCUT2D eigenvalue weighted by Crippen LogP contribution is -2.24. The lowest BCUT2D eigenvalue weighted by atomic mass is 9.98. The minimum atomic E-state index is 0.232. The number of thiophene rings is 1. The number of nitrogens with two attached hydrogens (primary N) is 2. The van der Waals surface area contributed by atoms with E-state index in [2.05, 4.69) is 56.7 Å². The second-order valence-electron chi connectivity index (χ2n) is 7.04. The third-order valence-electron chi connectivity index (χ3n) is 5.40. The number of nitrogens with zero attached hydrogens (tertiary/aromatic N) is 3. The van der Waals surface area contributed by atoms with Crippen LogP contribution in [-0.2, 0) is 6.54 Å². The van der Waals surface area contributed by atoms with E-state index < -0.39 is 0 Å². The first-order chi connectivity index (χ1) is 13.2. The number of aromatic nitrogens is 2. The summed E-state index contributed by atoms with van der Waals surface area (Å²) < 4.78 is 0. The summed E-state index contributed by atoms with van der Waals surface area (Å²) in [5.74, 6) is 0.700. The van der Waals surface area contributed by atoms with Crippen LogP contribution in [0.4, 0.5) is 11.8 Å². The highest BCUT2D eigenvalue weighted by molar-refractivity contribution is 7.17. The molecule has 2 aromatic heterocycles. The molecule has 6 heteroatoms. The average molecular weight is 376 g/mol. The van der Waals surface area contributed by atoms with Gasteiger partial charge in [0, 0.05) is 24.4 Å². The van der Waals surface area contributed by atoms with Crippen LogP contribution in [0.5, 0.6) is 0 Å². The summed E-state index contributed by atoms with van der Waals surface area (Å²) in [5, 5.41) is 3.08. The van der Waals surface area contributed by atoms with E-state index in [4.69, 9.17) is 11.5 Å². The molecule has 0 saturated heterocycles. The summed E-state index contributed by atoms with van der Waals surface area (Å²) in [5.41, 5.74) is 18.7. The molecule has 3 aliphatic rings. The molecule has 2 aliphatic carbocycles. The molecule has 0 saturated carbocycles. The normalized spacial score (nSPS) is 18.9. The van der Waals surface area contributed by atoms with Crippen molar-refractivity contribution in [1.82, 2.24) is 14.9 Å². The first kappa shape index (κ1) is 16.3. The van der Waals surface area contributed by atoms with Crippen molar-refractivity contribution in [2.75, 3.05) is 11.5 Å². The second kappa shape index (κ2) is 6.39. The highest BCUT2D eigenvalue weighted by Crippen LogP contribution is 2.39. The SMILES string of the molecule is Nc1nc(N)c2c(CN3C4=CC=CCC4=CCC4=C3CC=CC4)csc2n1. The summed E-state index contributed by atoms with van der Waals surface area (Å²) >= 11 is 1.58. The molecule has 4 N–H and O–H groups in total. The molecule has 2 aromatic rings. The molecule has 3 heterocycles. The van der Waals surface area contributed by atoms with Gasteiger partial charge in [-0.2, -0.15) is 4.98 Å². The lowest BCUT2D eigenvalue weighted by Gasteiger charge is -2.33. The Bertz CT molecular complexity index is 1080. The summed E-state index contributed by atoms with van der Waals surface area (Å²) in [7, 11) is 0. The van der Waals surface area contributed by atoms with Crippen molar-refractivity contribution in [2.45, 2.75) is 32.2 Å². The number of allylic oxidation sites excluding steroid dienone is 8. The van der Waals surface area contributed by atoms with Gasteiger partial charge in [-0.15, -0.1) is 11.3 Å². The van der Waals surface area contributed by atoms with Gasteiger partial charge in [-0.25, -0.2) is 4.98 Å². The average Bonchev–Trinajstić information content (AvgIpc) is 3.00. The van der Waals surface area contributed by atoms with E-state index in [1.165, 1.54) is 22.5 Å². The molecule has 0 atom stereocenters. The Hall–Kier alpha value is -2.86. The Morgan fingerprint density at radius 1 is 1.04 bits per heavy atom. The van der Waals surface area contributed by atoms with Gasteiger partial charge < -0.3 is 16.4 Å². The minimum absolute atomic E-state index is 0.232. The Labute approximate surface area is 162 Å². The first-order valence-electron chi connectivity index (χ1n) is 9.19. The first-order valence-corrected chi connectivity index (χ1v) is 10.1. The van der Waals surface area contributed by atoms with Gasteiger partial charge in [0.15, 0.2) is 0 Å². The molecule has 0 unspecified atom stereocenters. The van der Waals surface area contributed by atoms with Crippen LogP contribution >= 0.6 is 11.3 Å². The molecule has 136 valence electrons. The fourth-order valence-corrected chi connectivity index (χ4v) is 5.05. The van der Waals surface area contributed by atoms with Crippen LogP contribution in [-0.4, -0.2) is 14.9 Å². The maximum Gasteiger partial charge on any atom is 0.223 e. The molecule has 1 aliphatic heterocycles. The number of hydrogen-bond acceptors (Lipinski definition) is 6. The van der Waals surface area contributed by atoms with Gasteiger partial charge >= 0.3 is 0 Å². The van der Waals surface area contributed by atoms with E-state index in [1.54, 1.807) is 11.3 Å². The quantitative estimate of drug-likeness (QED) is 0.759. The van der Waals surface area contributed by atoms with E-state index in [0.717, 1.165) is 48.0 Å². The third-order valence-corrected chi connectivity index (χ3v) is 6.32. The van der Waals surface area contributed by atoms with E-state index >= 15 is 0 Å². The molecule has 0 aromatic carbocycles. The van der Waals surface area contributed by atoms with Crippen molar-refractivity contribution >= 4 is 33.3 Å². The molecule has 0 radical (unpaired) electrons. The van der Waals surface area contributed by atoms with Gasteiger partial charge in [-0.3, -0.25) is 0 Å². The van der Waals surface area contributed by atoms with Gasteiger partial charge in [0.2, 0.25) is 5.95 Å². The van der Waals surface area contributed by atoms with Crippen molar-refractivity contribution < 1.29 is 0 Å². The third kappa shape index (κ3) is 2.77. The zero-order chi connectivity index (χ0) is 18.4. The van der Waals surface area contributed by atoms with Gasteiger partial charge in [0.05, 0.1) is 5.39 Å². The molecule has 0 spiro atoms. The number of fused-ring (bicyclic) bond motifs is 2. The van der Waals surface area contributed by atoms with Crippen LogP contribution in [0.1, 0.15) is 31.2 Å². The fourth-order valence-electron chi connectivity index (χ4n) is 4.11. The molecule has 0 fully saturated rings. The van der Waals surface area contributed by atoms with E-state index in [-0.39, 0.29) is 5.95 Å². The van der Waals surface area contributed by atoms with E-state index in [0.29, 0.717) is 5.82 Å². The van der Waals surface area contributed by atoms with Gasteiger partial charge in [-0.1, -0.05) is 30.4 Å². The van der Waals surface area contributed by atoms with Crippen molar-refractivity contribution in [3.63, 3.8) is 0 Å².